The summed E-state index contributed by atoms with van der Waals surface area (Å²) in [7, 11) is 3.87. The van der Waals surface area contributed by atoms with Crippen molar-refractivity contribution in [2.45, 2.75) is 13.0 Å². The van der Waals surface area contributed by atoms with Gasteiger partial charge in [0.1, 0.15) is 18.2 Å². The first-order valence-electron chi connectivity index (χ1n) is 5.26. The summed E-state index contributed by atoms with van der Waals surface area (Å²) in [4.78, 5) is 1.97. The number of likely N-dealkylation sites (N-methyl/N-ethyl adjacent to an activating group) is 1. The molecule has 3 nitrogen and oxygen atoms in total. The van der Waals surface area contributed by atoms with E-state index in [4.69, 9.17) is 4.74 Å². The van der Waals surface area contributed by atoms with Crippen molar-refractivity contribution in [3.63, 3.8) is 0 Å². The predicted molar refractivity (Wildman–Crippen MR) is 61.1 cm³/mol. The first kappa shape index (κ1) is 12.9. The molecule has 0 aromatic heterocycles. The van der Waals surface area contributed by atoms with E-state index in [1.165, 1.54) is 13.0 Å². The molecule has 0 aliphatic rings. The summed E-state index contributed by atoms with van der Waals surface area (Å²) in [5.41, 5.74) is 0.223. The lowest BCUT2D eigenvalue weighted by molar-refractivity contribution is 0.183. The van der Waals surface area contributed by atoms with Crippen molar-refractivity contribution < 1.29 is 14.2 Å². The highest BCUT2D eigenvalue weighted by atomic mass is 19.1. The molecular weight excluding hydrogens is 209 g/mol. The Morgan fingerprint density at radius 1 is 1.44 bits per heavy atom. The molecule has 0 bridgehead atoms. The molecule has 0 spiro atoms. The van der Waals surface area contributed by atoms with E-state index in [1.807, 2.05) is 19.0 Å². The lowest BCUT2D eigenvalue weighted by Crippen LogP contribution is -2.20. The Kier molecular flexibility index (Phi) is 4.71. The SMILES string of the molecule is C[C@H](O)c1c(F)cccc1OCCN(C)C. The molecule has 1 N–H and O–H groups in total. The van der Waals surface area contributed by atoms with Crippen LogP contribution in [-0.2, 0) is 0 Å². The van der Waals surface area contributed by atoms with Gasteiger partial charge in [-0.3, -0.25) is 0 Å². The van der Waals surface area contributed by atoms with Gasteiger partial charge in [-0.05, 0) is 33.2 Å². The summed E-state index contributed by atoms with van der Waals surface area (Å²) in [6.45, 7) is 2.74. The zero-order valence-electron chi connectivity index (χ0n) is 9.90. The van der Waals surface area contributed by atoms with Crippen LogP contribution in [0.5, 0.6) is 5.75 Å². The topological polar surface area (TPSA) is 32.7 Å². The Balaban J connectivity index is 2.75. The van der Waals surface area contributed by atoms with Gasteiger partial charge < -0.3 is 14.7 Å². The lowest BCUT2D eigenvalue weighted by Gasteiger charge is -2.15. The van der Waals surface area contributed by atoms with Crippen molar-refractivity contribution in [2.24, 2.45) is 0 Å². The molecule has 0 saturated heterocycles. The first-order chi connectivity index (χ1) is 7.52. The second-order valence-electron chi connectivity index (χ2n) is 3.98. The van der Waals surface area contributed by atoms with Crippen molar-refractivity contribution >= 4 is 0 Å². The van der Waals surface area contributed by atoms with Gasteiger partial charge in [-0.25, -0.2) is 4.39 Å². The number of aliphatic hydroxyl groups is 1. The number of hydrogen-bond donors (Lipinski definition) is 1. The van der Waals surface area contributed by atoms with Crippen LogP contribution in [0.3, 0.4) is 0 Å². The van der Waals surface area contributed by atoms with Crippen molar-refractivity contribution in [1.82, 2.24) is 4.90 Å². The zero-order valence-corrected chi connectivity index (χ0v) is 9.90. The summed E-state index contributed by atoms with van der Waals surface area (Å²) in [6, 6.07) is 4.56. The number of benzene rings is 1. The van der Waals surface area contributed by atoms with E-state index >= 15 is 0 Å². The van der Waals surface area contributed by atoms with E-state index in [2.05, 4.69) is 0 Å². The highest BCUT2D eigenvalue weighted by molar-refractivity contribution is 5.36. The summed E-state index contributed by atoms with van der Waals surface area (Å²) in [6.07, 6.45) is -0.865. The molecule has 0 aliphatic heterocycles. The van der Waals surface area contributed by atoms with Crippen LogP contribution in [0.4, 0.5) is 4.39 Å². The van der Waals surface area contributed by atoms with Crippen molar-refractivity contribution in [3.05, 3.63) is 29.6 Å². The normalized spacial score (nSPS) is 12.9. The smallest absolute Gasteiger partial charge is 0.132 e. The molecule has 0 amide bonds. The van der Waals surface area contributed by atoms with Gasteiger partial charge in [0.05, 0.1) is 11.7 Å². The van der Waals surface area contributed by atoms with Gasteiger partial charge in [0.25, 0.3) is 0 Å². The molecule has 4 heteroatoms. The lowest BCUT2D eigenvalue weighted by atomic mass is 10.1. The highest BCUT2D eigenvalue weighted by Crippen LogP contribution is 2.27. The van der Waals surface area contributed by atoms with Crippen LogP contribution in [0, 0.1) is 5.82 Å². The quantitative estimate of drug-likeness (QED) is 0.832. The maximum atomic E-state index is 13.4. The predicted octanol–water partition coefficient (Wildman–Crippen LogP) is 1.82. The van der Waals surface area contributed by atoms with Crippen LogP contribution in [0.2, 0.25) is 0 Å². The molecule has 0 aliphatic carbocycles. The molecule has 1 atom stereocenters. The number of nitrogens with zero attached hydrogens (tertiary/aromatic N) is 1. The Hall–Kier alpha value is -1.13. The minimum Gasteiger partial charge on any atom is -0.492 e. The highest BCUT2D eigenvalue weighted by Gasteiger charge is 2.14. The number of aliphatic hydroxyl groups excluding tert-OH is 1. The van der Waals surface area contributed by atoms with Crippen LogP contribution < -0.4 is 4.74 Å². The molecule has 1 rings (SSSR count). The Morgan fingerprint density at radius 2 is 2.12 bits per heavy atom. The van der Waals surface area contributed by atoms with Gasteiger partial charge in [-0.15, -0.1) is 0 Å². The van der Waals surface area contributed by atoms with Gasteiger partial charge in [0.2, 0.25) is 0 Å². The summed E-state index contributed by atoms with van der Waals surface area (Å²) in [5.74, 6) is -0.0193. The number of hydrogen-bond acceptors (Lipinski definition) is 3. The van der Waals surface area contributed by atoms with Gasteiger partial charge in [0.15, 0.2) is 0 Å². The van der Waals surface area contributed by atoms with Crippen molar-refractivity contribution in [1.29, 1.82) is 0 Å². The first-order valence-corrected chi connectivity index (χ1v) is 5.26. The Bertz CT molecular complexity index is 340. The number of ether oxygens (including phenoxy) is 1. The van der Waals surface area contributed by atoms with Crippen molar-refractivity contribution in [2.75, 3.05) is 27.2 Å². The fraction of sp³-hybridized carbons (Fsp3) is 0.500. The summed E-state index contributed by atoms with van der Waals surface area (Å²) >= 11 is 0. The van der Waals surface area contributed by atoms with Gasteiger partial charge >= 0.3 is 0 Å². The fourth-order valence-corrected chi connectivity index (χ4v) is 1.39. The average Bonchev–Trinajstić information content (AvgIpc) is 2.16. The third kappa shape index (κ3) is 3.47. The third-order valence-corrected chi connectivity index (χ3v) is 2.23. The van der Waals surface area contributed by atoms with E-state index in [1.54, 1.807) is 12.1 Å². The van der Waals surface area contributed by atoms with Crippen LogP contribution in [0.25, 0.3) is 0 Å². The van der Waals surface area contributed by atoms with Gasteiger partial charge in [0, 0.05) is 6.54 Å². The molecule has 0 radical (unpaired) electrons. The van der Waals surface area contributed by atoms with Crippen LogP contribution >= 0.6 is 0 Å². The molecule has 1 aromatic rings. The van der Waals surface area contributed by atoms with Crippen molar-refractivity contribution in [3.8, 4) is 5.75 Å². The molecule has 0 heterocycles. The second kappa shape index (κ2) is 5.82. The largest absolute Gasteiger partial charge is 0.492 e. The van der Waals surface area contributed by atoms with Gasteiger partial charge in [-0.2, -0.15) is 0 Å². The average molecular weight is 227 g/mol. The zero-order chi connectivity index (χ0) is 12.1. The molecule has 16 heavy (non-hydrogen) atoms. The molecular formula is C12H18FNO2. The maximum absolute atomic E-state index is 13.4. The minimum absolute atomic E-state index is 0.223. The van der Waals surface area contributed by atoms with Crippen LogP contribution in [-0.4, -0.2) is 37.3 Å². The van der Waals surface area contributed by atoms with Crippen LogP contribution in [0.1, 0.15) is 18.6 Å². The number of rotatable bonds is 5. The fourth-order valence-electron chi connectivity index (χ4n) is 1.39. The Morgan fingerprint density at radius 3 is 2.69 bits per heavy atom. The van der Waals surface area contributed by atoms with Gasteiger partial charge in [-0.1, -0.05) is 6.07 Å². The van der Waals surface area contributed by atoms with E-state index in [9.17, 15) is 9.50 Å². The standard InChI is InChI=1S/C12H18FNO2/c1-9(15)12-10(13)5-4-6-11(12)16-8-7-14(2)3/h4-6,9,15H,7-8H2,1-3H3/t9-/m0/s1. The Labute approximate surface area is 95.5 Å². The second-order valence-corrected chi connectivity index (χ2v) is 3.98. The number of halogens is 1. The van der Waals surface area contributed by atoms with E-state index in [0.717, 1.165) is 6.54 Å². The third-order valence-electron chi connectivity index (χ3n) is 2.23. The molecule has 1 aromatic carbocycles. The van der Waals surface area contributed by atoms with E-state index in [0.29, 0.717) is 12.4 Å². The summed E-state index contributed by atoms with van der Waals surface area (Å²) in [5, 5.41) is 9.46. The molecule has 0 fully saturated rings. The maximum Gasteiger partial charge on any atom is 0.132 e. The van der Waals surface area contributed by atoms with E-state index in [-0.39, 0.29) is 5.56 Å². The molecule has 90 valence electrons. The molecule has 0 unspecified atom stereocenters. The monoisotopic (exact) mass is 227 g/mol. The summed E-state index contributed by atoms with van der Waals surface area (Å²) < 4.78 is 18.9. The van der Waals surface area contributed by atoms with E-state index < -0.39 is 11.9 Å². The molecule has 0 saturated carbocycles. The minimum atomic E-state index is -0.865. The van der Waals surface area contributed by atoms with Crippen LogP contribution in [0.15, 0.2) is 18.2 Å².